The van der Waals surface area contributed by atoms with Crippen LogP contribution in [0.2, 0.25) is 0 Å². The summed E-state index contributed by atoms with van der Waals surface area (Å²) in [5.74, 6) is 1.10. The summed E-state index contributed by atoms with van der Waals surface area (Å²) in [5.41, 5.74) is 2.78. The fourth-order valence-corrected chi connectivity index (χ4v) is 2.22. The average molecular weight is 277 g/mol. The van der Waals surface area contributed by atoms with Gasteiger partial charge in [0, 0.05) is 19.5 Å². The topological polar surface area (TPSA) is 20.3 Å². The van der Waals surface area contributed by atoms with E-state index in [0.717, 1.165) is 38.3 Å². The van der Waals surface area contributed by atoms with Crippen LogP contribution in [0.4, 0.5) is 0 Å². The average Bonchev–Trinajstić information content (AvgIpc) is 3.18. The van der Waals surface area contributed by atoms with E-state index < -0.39 is 0 Å². The number of rotatable bonds is 9. The lowest BCUT2D eigenvalue weighted by molar-refractivity contribution is -0.130. The predicted octanol–water partition coefficient (Wildman–Crippen LogP) is 4.72. The summed E-state index contributed by atoms with van der Waals surface area (Å²) < 4.78 is 0. The Morgan fingerprint density at radius 3 is 2.40 bits per heavy atom. The van der Waals surface area contributed by atoms with Gasteiger partial charge in [-0.25, -0.2) is 0 Å². The van der Waals surface area contributed by atoms with Gasteiger partial charge in [0.2, 0.25) is 5.91 Å². The highest BCUT2D eigenvalue weighted by atomic mass is 16.2. The molecular weight excluding hydrogens is 246 g/mol. The Bertz CT molecular complexity index is 360. The van der Waals surface area contributed by atoms with Crippen LogP contribution in [0.25, 0.3) is 0 Å². The van der Waals surface area contributed by atoms with Gasteiger partial charge in [-0.15, -0.1) is 0 Å². The molecule has 114 valence electrons. The minimum atomic E-state index is 0.327. The number of hydrogen-bond acceptors (Lipinski definition) is 1. The Morgan fingerprint density at radius 2 is 1.85 bits per heavy atom. The Hall–Kier alpha value is -1.05. The third-order valence-electron chi connectivity index (χ3n) is 3.74. The van der Waals surface area contributed by atoms with E-state index in [1.165, 1.54) is 24.0 Å². The molecule has 0 saturated heterocycles. The lowest BCUT2D eigenvalue weighted by Crippen LogP contribution is -2.33. The SMILES string of the molecule is CCCC(=O)N(CC=C(C)CCC=C(C)C)CC1CC1. The molecule has 0 aromatic carbocycles. The van der Waals surface area contributed by atoms with Gasteiger partial charge in [-0.3, -0.25) is 4.79 Å². The standard InChI is InChI=1S/C18H31NO/c1-5-7-18(20)19(14-17-10-11-17)13-12-16(4)9-6-8-15(2)3/h8,12,17H,5-7,9-11,13-14H2,1-4H3. The van der Waals surface area contributed by atoms with Crippen LogP contribution in [-0.2, 0) is 4.79 Å². The zero-order valence-electron chi connectivity index (χ0n) is 13.7. The van der Waals surface area contributed by atoms with Crippen LogP contribution < -0.4 is 0 Å². The maximum Gasteiger partial charge on any atom is 0.222 e. The van der Waals surface area contributed by atoms with Crippen molar-refractivity contribution in [1.82, 2.24) is 4.90 Å². The zero-order chi connectivity index (χ0) is 15.0. The van der Waals surface area contributed by atoms with E-state index in [4.69, 9.17) is 0 Å². The van der Waals surface area contributed by atoms with Crippen LogP contribution >= 0.6 is 0 Å². The molecule has 0 bridgehead atoms. The van der Waals surface area contributed by atoms with E-state index >= 15 is 0 Å². The fraction of sp³-hybridized carbons (Fsp3) is 0.722. The zero-order valence-corrected chi connectivity index (χ0v) is 13.7. The number of hydrogen-bond donors (Lipinski definition) is 0. The molecule has 0 N–H and O–H groups in total. The molecule has 1 amide bonds. The molecule has 0 heterocycles. The summed E-state index contributed by atoms with van der Waals surface area (Å²) in [5, 5.41) is 0. The Kier molecular flexibility index (Phi) is 7.64. The van der Waals surface area contributed by atoms with Crippen molar-refractivity contribution < 1.29 is 4.79 Å². The monoisotopic (exact) mass is 277 g/mol. The normalized spacial score (nSPS) is 15.1. The maximum atomic E-state index is 12.1. The predicted molar refractivity (Wildman–Crippen MR) is 86.6 cm³/mol. The van der Waals surface area contributed by atoms with Gasteiger partial charge in [-0.1, -0.05) is 30.2 Å². The van der Waals surface area contributed by atoms with Crippen LogP contribution in [0.15, 0.2) is 23.3 Å². The van der Waals surface area contributed by atoms with Crippen molar-refractivity contribution in [2.45, 2.75) is 66.2 Å². The van der Waals surface area contributed by atoms with Crippen LogP contribution in [0, 0.1) is 5.92 Å². The fourth-order valence-electron chi connectivity index (χ4n) is 2.22. The van der Waals surface area contributed by atoms with Crippen LogP contribution in [0.5, 0.6) is 0 Å². The Morgan fingerprint density at radius 1 is 1.15 bits per heavy atom. The minimum Gasteiger partial charge on any atom is -0.339 e. The van der Waals surface area contributed by atoms with E-state index in [-0.39, 0.29) is 0 Å². The first kappa shape index (κ1) is 17.0. The van der Waals surface area contributed by atoms with Crippen molar-refractivity contribution in [1.29, 1.82) is 0 Å². The molecule has 1 rings (SSSR count). The van der Waals surface area contributed by atoms with Gasteiger partial charge in [0.05, 0.1) is 0 Å². The maximum absolute atomic E-state index is 12.1. The molecule has 0 atom stereocenters. The summed E-state index contributed by atoms with van der Waals surface area (Å²) in [6.07, 6.45) is 11.0. The Labute approximate surface area is 124 Å². The third-order valence-corrected chi connectivity index (χ3v) is 3.74. The first-order valence-corrected chi connectivity index (χ1v) is 8.09. The summed E-state index contributed by atoms with van der Waals surface area (Å²) >= 11 is 0. The van der Waals surface area contributed by atoms with E-state index in [1.807, 2.05) is 0 Å². The summed E-state index contributed by atoms with van der Waals surface area (Å²) in [6.45, 7) is 10.3. The first-order chi connectivity index (χ1) is 9.52. The molecule has 1 saturated carbocycles. The van der Waals surface area contributed by atoms with Crippen molar-refractivity contribution in [3.63, 3.8) is 0 Å². The second-order valence-electron chi connectivity index (χ2n) is 6.36. The molecule has 1 aliphatic carbocycles. The molecule has 1 aliphatic rings. The number of carbonyl (C=O) groups excluding carboxylic acids is 1. The largest absolute Gasteiger partial charge is 0.339 e. The smallest absolute Gasteiger partial charge is 0.222 e. The highest BCUT2D eigenvalue weighted by molar-refractivity contribution is 5.76. The summed E-state index contributed by atoms with van der Waals surface area (Å²) in [7, 11) is 0. The molecule has 2 nitrogen and oxygen atoms in total. The Balaban J connectivity index is 2.42. The van der Waals surface area contributed by atoms with Crippen molar-refractivity contribution in [2.75, 3.05) is 13.1 Å². The number of nitrogens with zero attached hydrogens (tertiary/aromatic N) is 1. The van der Waals surface area contributed by atoms with Crippen molar-refractivity contribution >= 4 is 5.91 Å². The van der Waals surface area contributed by atoms with Crippen molar-refractivity contribution in [3.05, 3.63) is 23.3 Å². The van der Waals surface area contributed by atoms with E-state index in [0.29, 0.717) is 12.3 Å². The number of carbonyl (C=O) groups is 1. The number of amides is 1. The second-order valence-corrected chi connectivity index (χ2v) is 6.36. The molecule has 1 fully saturated rings. The van der Waals surface area contributed by atoms with Gasteiger partial charge in [0.25, 0.3) is 0 Å². The van der Waals surface area contributed by atoms with Crippen LogP contribution in [-0.4, -0.2) is 23.9 Å². The minimum absolute atomic E-state index is 0.327. The molecule has 20 heavy (non-hydrogen) atoms. The van der Waals surface area contributed by atoms with Gasteiger partial charge < -0.3 is 4.90 Å². The number of allylic oxidation sites excluding steroid dienone is 3. The van der Waals surface area contributed by atoms with Gasteiger partial charge >= 0.3 is 0 Å². The highest BCUT2D eigenvalue weighted by Gasteiger charge is 2.25. The molecule has 0 aliphatic heterocycles. The summed E-state index contributed by atoms with van der Waals surface area (Å²) in [6, 6.07) is 0. The molecule has 0 aromatic rings. The lowest BCUT2D eigenvalue weighted by Gasteiger charge is -2.21. The van der Waals surface area contributed by atoms with Crippen molar-refractivity contribution in [3.8, 4) is 0 Å². The van der Waals surface area contributed by atoms with E-state index in [1.54, 1.807) is 0 Å². The first-order valence-electron chi connectivity index (χ1n) is 8.09. The molecule has 0 spiro atoms. The molecule has 0 unspecified atom stereocenters. The third kappa shape index (κ3) is 7.52. The van der Waals surface area contributed by atoms with E-state index in [2.05, 4.69) is 44.7 Å². The summed E-state index contributed by atoms with van der Waals surface area (Å²) in [4.78, 5) is 14.2. The van der Waals surface area contributed by atoms with Crippen LogP contribution in [0.1, 0.15) is 66.2 Å². The highest BCUT2D eigenvalue weighted by Crippen LogP contribution is 2.30. The van der Waals surface area contributed by atoms with Gasteiger partial charge in [0.15, 0.2) is 0 Å². The van der Waals surface area contributed by atoms with Gasteiger partial charge in [-0.2, -0.15) is 0 Å². The van der Waals surface area contributed by atoms with Crippen LogP contribution in [0.3, 0.4) is 0 Å². The second kappa shape index (κ2) is 8.99. The molecular formula is C18H31NO. The molecule has 2 heteroatoms. The van der Waals surface area contributed by atoms with E-state index in [9.17, 15) is 4.79 Å². The quantitative estimate of drug-likeness (QED) is 0.558. The van der Waals surface area contributed by atoms with Gasteiger partial charge in [0.1, 0.15) is 0 Å². The van der Waals surface area contributed by atoms with Gasteiger partial charge in [-0.05, 0) is 58.8 Å². The molecule has 0 radical (unpaired) electrons. The molecule has 0 aromatic heterocycles. The lowest BCUT2D eigenvalue weighted by atomic mass is 10.1. The van der Waals surface area contributed by atoms with Crippen molar-refractivity contribution in [2.24, 2.45) is 5.92 Å².